The van der Waals surface area contributed by atoms with Gasteiger partial charge in [-0.05, 0) is 0 Å². The molecule has 0 aliphatic rings. The van der Waals surface area contributed by atoms with Crippen molar-refractivity contribution in [2.45, 2.75) is 17.3 Å². The molecule has 0 fully saturated rings. The van der Waals surface area contributed by atoms with E-state index in [-0.39, 0.29) is 0 Å². The van der Waals surface area contributed by atoms with Crippen LogP contribution in [-0.2, 0) is 14.9 Å². The molecule has 0 rings (SSSR count). The molecule has 0 unspecified atom stereocenters. The van der Waals surface area contributed by atoms with Crippen LogP contribution in [-0.4, -0.2) is 37.1 Å². The zero-order valence-corrected chi connectivity index (χ0v) is 7.75. The summed E-state index contributed by atoms with van der Waals surface area (Å²) in [6.07, 6.45) is -6.11. The monoisotopic (exact) mass is 280 g/mol. The molecule has 98 valence electrons. The second-order valence-electron chi connectivity index (χ2n) is 2.34. The Bertz CT molecular complexity index is 349. The standard InChI is InChI=1S/C4H3F7O4S/c5-1-15-3(8,9)2(6,7)4(10,11)16(12,13)14/h1H2,(H,12,13,14). The molecule has 4 nitrogen and oxygen atoms in total. The molecular formula is C4H3F7O4S. The normalized spacial score (nSPS) is 15.2. The summed E-state index contributed by atoms with van der Waals surface area (Å²) in [6, 6.07) is 0. The van der Waals surface area contributed by atoms with E-state index in [1.807, 2.05) is 0 Å². The minimum Gasteiger partial charge on any atom is -0.283 e. The van der Waals surface area contributed by atoms with Gasteiger partial charge in [0.15, 0.2) is 6.86 Å². The first-order valence-corrected chi connectivity index (χ1v) is 4.55. The van der Waals surface area contributed by atoms with Gasteiger partial charge in [0.05, 0.1) is 0 Å². The molecule has 0 aliphatic carbocycles. The van der Waals surface area contributed by atoms with E-state index in [9.17, 15) is 39.2 Å². The van der Waals surface area contributed by atoms with Crippen LogP contribution in [0.15, 0.2) is 0 Å². The first-order chi connectivity index (χ1) is 6.81. The molecule has 0 heterocycles. The largest absolute Gasteiger partial charge is 0.440 e. The highest BCUT2D eigenvalue weighted by atomic mass is 32.2. The minimum absolute atomic E-state index is 2.37. The maximum absolute atomic E-state index is 12.3. The molecule has 0 aromatic carbocycles. The number of halogens is 7. The van der Waals surface area contributed by atoms with Gasteiger partial charge in [0.25, 0.3) is 0 Å². The van der Waals surface area contributed by atoms with Crippen LogP contribution in [0.5, 0.6) is 0 Å². The Kier molecular flexibility index (Phi) is 3.84. The molecule has 0 aromatic heterocycles. The van der Waals surface area contributed by atoms with Gasteiger partial charge in [0.1, 0.15) is 0 Å². The van der Waals surface area contributed by atoms with Crippen LogP contribution in [0, 0.1) is 0 Å². The smallest absolute Gasteiger partial charge is 0.283 e. The highest BCUT2D eigenvalue weighted by Crippen LogP contribution is 2.48. The molecule has 0 saturated carbocycles. The lowest BCUT2D eigenvalue weighted by atomic mass is 10.3. The molecule has 0 bridgehead atoms. The molecular weight excluding hydrogens is 277 g/mol. The summed E-state index contributed by atoms with van der Waals surface area (Å²) < 4.78 is 114. The number of rotatable bonds is 5. The van der Waals surface area contributed by atoms with Gasteiger partial charge in [0.2, 0.25) is 0 Å². The third-order valence-electron chi connectivity index (χ3n) is 1.29. The zero-order chi connectivity index (χ0) is 13.4. The number of alkyl halides is 7. The maximum Gasteiger partial charge on any atom is 0.440 e. The van der Waals surface area contributed by atoms with E-state index in [0.717, 1.165) is 0 Å². The predicted molar refractivity (Wildman–Crippen MR) is 33.4 cm³/mol. The highest BCUT2D eigenvalue weighted by molar-refractivity contribution is 7.87. The Balaban J connectivity index is 5.52. The van der Waals surface area contributed by atoms with Crippen LogP contribution in [0.2, 0.25) is 0 Å². The Morgan fingerprint density at radius 1 is 1.06 bits per heavy atom. The van der Waals surface area contributed by atoms with E-state index in [0.29, 0.717) is 0 Å². The van der Waals surface area contributed by atoms with E-state index in [2.05, 4.69) is 4.74 Å². The average Bonchev–Trinajstić information content (AvgIpc) is 2.01. The van der Waals surface area contributed by atoms with E-state index in [1.54, 1.807) is 0 Å². The Hall–Kier alpha value is -0.620. The lowest BCUT2D eigenvalue weighted by Gasteiger charge is -2.29. The Morgan fingerprint density at radius 2 is 1.44 bits per heavy atom. The van der Waals surface area contributed by atoms with E-state index >= 15 is 0 Å². The van der Waals surface area contributed by atoms with Crippen molar-refractivity contribution in [3.8, 4) is 0 Å². The van der Waals surface area contributed by atoms with Gasteiger partial charge in [-0.15, -0.1) is 0 Å². The van der Waals surface area contributed by atoms with Crippen LogP contribution in [0.3, 0.4) is 0 Å². The molecule has 16 heavy (non-hydrogen) atoms. The maximum atomic E-state index is 12.3. The molecule has 0 amide bonds. The lowest BCUT2D eigenvalue weighted by molar-refractivity contribution is -0.389. The van der Waals surface area contributed by atoms with Crippen LogP contribution in [0.1, 0.15) is 0 Å². The van der Waals surface area contributed by atoms with Gasteiger partial charge in [-0.1, -0.05) is 0 Å². The molecule has 0 atom stereocenters. The van der Waals surface area contributed by atoms with E-state index in [4.69, 9.17) is 4.55 Å². The molecule has 0 radical (unpaired) electrons. The SMILES string of the molecule is O=S(=O)(O)C(F)(F)C(F)(F)C(F)(F)OCF. The Morgan fingerprint density at radius 3 is 1.69 bits per heavy atom. The van der Waals surface area contributed by atoms with Crippen LogP contribution >= 0.6 is 0 Å². The second kappa shape index (κ2) is 4.00. The van der Waals surface area contributed by atoms with E-state index < -0.39 is 34.3 Å². The third kappa shape index (κ3) is 2.22. The summed E-state index contributed by atoms with van der Waals surface area (Å²) in [4.78, 5) is 0. The lowest BCUT2D eigenvalue weighted by Crippen LogP contribution is -2.58. The minimum atomic E-state index is -6.83. The van der Waals surface area contributed by atoms with Gasteiger partial charge in [-0.3, -0.25) is 9.29 Å². The topological polar surface area (TPSA) is 63.6 Å². The van der Waals surface area contributed by atoms with Crippen molar-refractivity contribution in [3.05, 3.63) is 0 Å². The first-order valence-electron chi connectivity index (χ1n) is 3.11. The molecule has 0 spiro atoms. The van der Waals surface area contributed by atoms with Crippen molar-refractivity contribution < 1.29 is 48.4 Å². The second-order valence-corrected chi connectivity index (χ2v) is 3.80. The molecule has 12 heteroatoms. The fraction of sp³-hybridized carbons (Fsp3) is 1.00. The van der Waals surface area contributed by atoms with Crippen molar-refractivity contribution in [2.24, 2.45) is 0 Å². The average molecular weight is 280 g/mol. The van der Waals surface area contributed by atoms with Gasteiger partial charge in [-0.2, -0.15) is 34.8 Å². The number of ether oxygens (including phenoxy) is 1. The zero-order valence-electron chi connectivity index (χ0n) is 6.93. The van der Waals surface area contributed by atoms with Crippen molar-refractivity contribution in [2.75, 3.05) is 6.86 Å². The fourth-order valence-corrected chi connectivity index (χ4v) is 0.933. The summed E-state index contributed by atoms with van der Waals surface area (Å²) in [6.45, 7) is -2.57. The highest BCUT2D eigenvalue weighted by Gasteiger charge is 2.78. The number of hydrogen-bond donors (Lipinski definition) is 1. The van der Waals surface area contributed by atoms with Gasteiger partial charge >= 0.3 is 27.4 Å². The first kappa shape index (κ1) is 15.4. The summed E-state index contributed by atoms with van der Waals surface area (Å²) in [5.41, 5.74) is 0. The predicted octanol–water partition coefficient (Wildman–Crippen LogP) is 1.64. The quantitative estimate of drug-likeness (QED) is 0.614. The van der Waals surface area contributed by atoms with Crippen LogP contribution < -0.4 is 0 Å². The fourth-order valence-electron chi connectivity index (χ4n) is 0.491. The molecule has 0 aromatic rings. The summed E-state index contributed by atoms with van der Waals surface area (Å²) >= 11 is 0. The van der Waals surface area contributed by atoms with Crippen molar-refractivity contribution in [1.29, 1.82) is 0 Å². The summed E-state index contributed by atoms with van der Waals surface area (Å²) in [7, 11) is -6.83. The summed E-state index contributed by atoms with van der Waals surface area (Å²) in [5, 5.41) is -6.53. The molecule has 0 saturated heterocycles. The van der Waals surface area contributed by atoms with Gasteiger partial charge in [0, 0.05) is 0 Å². The Labute approximate surface area is 83.7 Å². The van der Waals surface area contributed by atoms with Crippen LogP contribution in [0.25, 0.3) is 0 Å². The molecule has 1 N–H and O–H groups in total. The summed E-state index contributed by atoms with van der Waals surface area (Å²) in [5.74, 6) is -6.64. The van der Waals surface area contributed by atoms with Gasteiger partial charge in [-0.25, -0.2) is 4.39 Å². The number of hydrogen-bond acceptors (Lipinski definition) is 3. The van der Waals surface area contributed by atoms with Crippen molar-refractivity contribution in [1.82, 2.24) is 0 Å². The van der Waals surface area contributed by atoms with Gasteiger partial charge < -0.3 is 0 Å². The van der Waals surface area contributed by atoms with Crippen molar-refractivity contribution in [3.63, 3.8) is 0 Å². The molecule has 0 aliphatic heterocycles. The third-order valence-corrected chi connectivity index (χ3v) is 2.20. The van der Waals surface area contributed by atoms with Crippen molar-refractivity contribution >= 4 is 10.1 Å². The van der Waals surface area contributed by atoms with E-state index in [1.165, 1.54) is 0 Å². The van der Waals surface area contributed by atoms with Crippen LogP contribution in [0.4, 0.5) is 30.7 Å².